The highest BCUT2D eigenvalue weighted by Crippen LogP contribution is 2.46. The number of rotatable bonds is 5. The van der Waals surface area contributed by atoms with Crippen LogP contribution in [0.25, 0.3) is 113 Å². The molecule has 0 atom stereocenters. The van der Waals surface area contributed by atoms with E-state index in [4.69, 9.17) is 17.7 Å². The van der Waals surface area contributed by atoms with E-state index >= 15 is 0 Å². The third kappa shape index (κ3) is 5.08. The first-order valence-corrected chi connectivity index (χ1v) is 20.2. The molecule has 0 radical (unpaired) electrons. The van der Waals surface area contributed by atoms with E-state index in [0.29, 0.717) is 28.7 Å². The average molecular weight is 769 g/mol. The first-order valence-electron chi connectivity index (χ1n) is 21.5. The van der Waals surface area contributed by atoms with Crippen molar-refractivity contribution in [1.29, 1.82) is 0 Å². The number of fused-ring (bicyclic) bond motifs is 9. The lowest BCUT2D eigenvalue weighted by molar-refractivity contribution is 1.07. The van der Waals surface area contributed by atoms with Crippen LogP contribution < -0.4 is 0 Å². The largest absolute Gasteiger partial charge is 0.308 e. The Labute approximate surface area is 344 Å². The van der Waals surface area contributed by atoms with Crippen LogP contribution in [0.3, 0.4) is 0 Å². The van der Waals surface area contributed by atoms with Crippen molar-refractivity contribution >= 4 is 84.8 Å². The van der Waals surface area contributed by atoms with Crippen molar-refractivity contribution in [3.05, 3.63) is 182 Å². The zero-order valence-corrected chi connectivity index (χ0v) is 31.6. The van der Waals surface area contributed by atoms with Crippen molar-refractivity contribution in [2.24, 2.45) is 0 Å². The summed E-state index contributed by atoms with van der Waals surface area (Å²) in [6, 6.07) is 46.7. The minimum Gasteiger partial charge on any atom is -0.308 e. The molecule has 4 nitrogen and oxygen atoms in total. The van der Waals surface area contributed by atoms with Gasteiger partial charge >= 0.3 is 0 Å². The molecule has 0 aliphatic heterocycles. The van der Waals surface area contributed by atoms with Gasteiger partial charge in [0.25, 0.3) is 0 Å². The van der Waals surface area contributed by atoms with E-state index in [1.54, 1.807) is 27.2 Å². The molecule has 0 aliphatic carbocycles. The van der Waals surface area contributed by atoms with Crippen molar-refractivity contribution in [3.63, 3.8) is 0 Å². The minimum atomic E-state index is -0.181. The summed E-state index contributed by atoms with van der Waals surface area (Å²) in [6.07, 6.45) is 0. The maximum absolute atomic E-state index is 9.44. The van der Waals surface area contributed by atoms with E-state index in [0.717, 1.165) is 52.5 Å². The number of aromatic nitrogens is 4. The van der Waals surface area contributed by atoms with Crippen LogP contribution in [-0.4, -0.2) is 19.5 Å². The predicted octanol–water partition coefficient (Wildman–Crippen LogP) is 14.4. The topological polar surface area (TPSA) is 43.6 Å². The number of benzene rings is 8. The second-order valence-electron chi connectivity index (χ2n) is 13.9. The summed E-state index contributed by atoms with van der Waals surface area (Å²) in [5.74, 6) is 1.26. The molecule has 12 rings (SSSR count). The van der Waals surface area contributed by atoms with Gasteiger partial charge < -0.3 is 4.57 Å². The molecule has 0 unspecified atom stereocenters. The van der Waals surface area contributed by atoms with E-state index in [9.17, 15) is 5.48 Å². The molecular weight excluding hydrogens is 733 g/mol. The molecule has 57 heavy (non-hydrogen) atoms. The Morgan fingerprint density at radius 1 is 0.404 bits per heavy atom. The van der Waals surface area contributed by atoms with Crippen LogP contribution in [-0.2, 0) is 0 Å². The number of nitrogens with zero attached hydrogens (tertiary/aromatic N) is 4. The third-order valence-corrected chi connectivity index (χ3v) is 13.0. The Morgan fingerprint density at radius 2 is 0.982 bits per heavy atom. The van der Waals surface area contributed by atoms with E-state index < -0.39 is 0 Å². The van der Waals surface area contributed by atoms with E-state index in [1.165, 1.54) is 22.2 Å². The fraction of sp³-hybridized carbons (Fsp3) is 0. The van der Waals surface area contributed by atoms with Crippen LogP contribution in [0, 0.1) is 0 Å². The smallest absolute Gasteiger partial charge is 0.166 e. The molecule has 0 saturated heterocycles. The Hall–Kier alpha value is -6.99. The molecule has 0 aliphatic rings. The Morgan fingerprint density at radius 3 is 1.75 bits per heavy atom. The summed E-state index contributed by atoms with van der Waals surface area (Å²) < 4.78 is 60.9. The highest BCUT2D eigenvalue weighted by atomic mass is 32.1. The highest BCUT2D eigenvalue weighted by Gasteiger charge is 2.24. The molecule has 0 spiro atoms. The molecule has 0 N–H and O–H groups in total. The van der Waals surface area contributed by atoms with Crippen molar-refractivity contribution in [2.45, 2.75) is 0 Å². The van der Waals surface area contributed by atoms with Crippen molar-refractivity contribution in [2.75, 3.05) is 0 Å². The molecule has 0 bridgehead atoms. The normalized spacial score (nSPS) is 13.3. The van der Waals surface area contributed by atoms with Gasteiger partial charge in [0.15, 0.2) is 17.5 Å². The van der Waals surface area contributed by atoms with Gasteiger partial charge in [0.05, 0.1) is 24.9 Å². The number of thiophene rings is 2. The van der Waals surface area contributed by atoms with E-state index in [2.05, 4.69) is 54.6 Å². The summed E-state index contributed by atoms with van der Waals surface area (Å²) in [6.45, 7) is 0. The Bertz CT molecular complexity index is 3820. The molecule has 266 valence electrons. The number of hydrogen-bond donors (Lipinski definition) is 0. The van der Waals surface area contributed by atoms with Gasteiger partial charge in [0.1, 0.15) is 0 Å². The molecule has 4 heterocycles. The average Bonchev–Trinajstić information content (AvgIpc) is 4.00. The number of para-hydroxylation sites is 3. The predicted molar refractivity (Wildman–Crippen MR) is 242 cm³/mol. The first-order chi connectivity index (χ1) is 30.7. The Kier molecular flexibility index (Phi) is 6.00. The maximum atomic E-state index is 9.44. The lowest BCUT2D eigenvalue weighted by Crippen LogP contribution is -2.05. The van der Waals surface area contributed by atoms with Gasteiger partial charge in [-0.3, -0.25) is 0 Å². The molecule has 6 heteroatoms. The van der Waals surface area contributed by atoms with Crippen LogP contribution in [0.15, 0.2) is 182 Å². The zero-order valence-electron chi connectivity index (χ0n) is 36.0. The lowest BCUT2D eigenvalue weighted by atomic mass is 9.97. The van der Waals surface area contributed by atoms with Crippen LogP contribution in [0.5, 0.6) is 0 Å². The number of hydrogen-bond acceptors (Lipinski definition) is 5. The summed E-state index contributed by atoms with van der Waals surface area (Å²) in [5, 5.41) is 4.91. The van der Waals surface area contributed by atoms with Crippen molar-refractivity contribution in [1.82, 2.24) is 19.5 Å². The second kappa shape index (κ2) is 12.8. The van der Waals surface area contributed by atoms with Gasteiger partial charge in [0.2, 0.25) is 0 Å². The quantitative estimate of drug-likeness (QED) is 0.175. The maximum Gasteiger partial charge on any atom is 0.166 e. The zero-order chi connectivity index (χ0) is 42.7. The van der Waals surface area contributed by atoms with Crippen molar-refractivity contribution in [3.8, 4) is 51.0 Å². The molecule has 0 fully saturated rings. The minimum absolute atomic E-state index is 0.0497. The monoisotopic (exact) mass is 768 g/mol. The van der Waals surface area contributed by atoms with Gasteiger partial charge in [-0.05, 0) is 36.4 Å². The van der Waals surface area contributed by atoms with Gasteiger partial charge in [-0.15, -0.1) is 22.7 Å². The molecule has 8 aromatic carbocycles. The van der Waals surface area contributed by atoms with Gasteiger partial charge in [-0.25, -0.2) is 15.0 Å². The summed E-state index contributed by atoms with van der Waals surface area (Å²) >= 11 is 3.40. The van der Waals surface area contributed by atoms with Gasteiger partial charge in [-0.1, -0.05) is 145 Å². The fourth-order valence-electron chi connectivity index (χ4n) is 8.09. The van der Waals surface area contributed by atoms with Crippen LogP contribution in [0.1, 0.15) is 8.22 Å². The van der Waals surface area contributed by atoms with Crippen molar-refractivity contribution < 1.29 is 8.22 Å². The second-order valence-corrected chi connectivity index (χ2v) is 16.0. The van der Waals surface area contributed by atoms with Gasteiger partial charge in [0, 0.05) is 78.9 Å². The standard InChI is InChI=1S/C51H30N4S2/c1-2-14-31(15-3-1)49-52-50(32-28-29-37-35-18-6-10-26-44(35)56-46(37)30-32)54-51(53-49)41-23-12-20-38(40-22-13-21-39-36-19-7-11-27-45(36)57-48(39)40)47(41)55-42-24-8-4-16-33(42)34-17-5-9-25-43(34)55/h1-30H/i4D,5D,16D,17D,24D,25D. The molecule has 4 aromatic heterocycles. The first kappa shape index (κ1) is 26.8. The van der Waals surface area contributed by atoms with E-state index in [1.807, 2.05) is 78.9 Å². The molecule has 0 amide bonds. The highest BCUT2D eigenvalue weighted by molar-refractivity contribution is 7.26. The third-order valence-electron chi connectivity index (χ3n) is 10.6. The van der Waals surface area contributed by atoms with E-state index in [-0.39, 0.29) is 58.1 Å². The summed E-state index contributed by atoms with van der Waals surface area (Å²) in [7, 11) is 0. The summed E-state index contributed by atoms with van der Waals surface area (Å²) in [5.41, 5.74) is 4.86. The summed E-state index contributed by atoms with van der Waals surface area (Å²) in [4.78, 5) is 15.6. The SMILES string of the molecule is [2H]c1cc([2H])c2c(c1[2H])c1c([2H])c([2H])cc([2H])c1n2-c1c(-c2nc(-c3ccccc3)nc(-c3ccc4c(c3)sc3ccccc34)n2)cccc1-c1cccc2c1sc1ccccc12. The fourth-order valence-corrected chi connectivity index (χ4v) is 10.5. The van der Waals surface area contributed by atoms with Crippen LogP contribution in [0.2, 0.25) is 0 Å². The van der Waals surface area contributed by atoms with Gasteiger partial charge in [-0.2, -0.15) is 0 Å². The lowest BCUT2D eigenvalue weighted by Gasteiger charge is -2.19. The Balaban J connectivity index is 1.23. The van der Waals surface area contributed by atoms with Crippen LogP contribution >= 0.6 is 22.7 Å². The molecule has 0 saturated carbocycles. The molecular formula is C51H30N4S2. The molecule has 12 aromatic rings. The van der Waals surface area contributed by atoms with Crippen LogP contribution in [0.4, 0.5) is 0 Å².